The molecule has 8 heteroatoms. The Labute approximate surface area is 159 Å². The molecule has 2 aromatic carbocycles. The third-order valence-corrected chi connectivity index (χ3v) is 5.25. The van der Waals surface area contributed by atoms with Crippen molar-refractivity contribution < 1.29 is 22.7 Å². The zero-order valence-electron chi connectivity index (χ0n) is 15.6. The lowest BCUT2D eigenvalue weighted by Gasteiger charge is -2.11. The number of sulfonamides is 1. The molecule has 0 fully saturated rings. The van der Waals surface area contributed by atoms with E-state index in [1.54, 1.807) is 50.4 Å². The van der Waals surface area contributed by atoms with Crippen molar-refractivity contribution in [3.05, 3.63) is 53.6 Å². The summed E-state index contributed by atoms with van der Waals surface area (Å²) >= 11 is 0. The van der Waals surface area contributed by atoms with Crippen LogP contribution in [0.1, 0.15) is 11.1 Å². The molecule has 0 aliphatic heterocycles. The highest BCUT2D eigenvalue weighted by molar-refractivity contribution is 7.92. The number of benzene rings is 2. The molecule has 0 spiro atoms. The average Bonchev–Trinajstić information content (AvgIpc) is 2.63. The molecule has 2 rings (SSSR count). The number of carbonyl (C=O) groups excluding carboxylic acids is 1. The van der Waals surface area contributed by atoms with Gasteiger partial charge in [-0.2, -0.15) is 0 Å². The topological polar surface area (TPSA) is 93.7 Å². The molecule has 0 radical (unpaired) electrons. The molecular weight excluding hydrogens is 368 g/mol. The minimum atomic E-state index is -3.71. The number of aryl methyl sites for hydroxylation is 1. The standard InChI is InChI=1S/C19H24N2O5S/c1-14-12-17(8-9-18(14)26-3)27(23,24)21-16-6-4-15(5-7-16)13-19(22)20-10-11-25-2/h4-9,12,21H,10-11,13H2,1-3H3,(H,20,22). The Morgan fingerprint density at radius 3 is 2.37 bits per heavy atom. The fourth-order valence-electron chi connectivity index (χ4n) is 2.46. The minimum Gasteiger partial charge on any atom is -0.496 e. The number of methoxy groups -OCH3 is 2. The van der Waals surface area contributed by atoms with Gasteiger partial charge in [0.05, 0.1) is 25.0 Å². The predicted octanol–water partition coefficient (Wildman–Crippen LogP) is 2.11. The molecule has 7 nitrogen and oxygen atoms in total. The number of amides is 1. The highest BCUT2D eigenvalue weighted by Gasteiger charge is 2.15. The highest BCUT2D eigenvalue weighted by Crippen LogP contribution is 2.23. The average molecular weight is 392 g/mol. The Balaban J connectivity index is 2.02. The van der Waals surface area contributed by atoms with Crippen molar-refractivity contribution >= 4 is 21.6 Å². The Morgan fingerprint density at radius 2 is 1.78 bits per heavy atom. The summed E-state index contributed by atoms with van der Waals surface area (Å²) in [6.07, 6.45) is 0.217. The summed E-state index contributed by atoms with van der Waals surface area (Å²) in [5.74, 6) is 0.510. The van der Waals surface area contributed by atoms with Gasteiger partial charge in [-0.3, -0.25) is 9.52 Å². The molecule has 0 aliphatic carbocycles. The number of nitrogens with one attached hydrogen (secondary N) is 2. The van der Waals surface area contributed by atoms with Gasteiger partial charge in [0.1, 0.15) is 5.75 Å². The first kappa shape index (κ1) is 20.7. The predicted molar refractivity (Wildman–Crippen MR) is 104 cm³/mol. The van der Waals surface area contributed by atoms with E-state index < -0.39 is 10.0 Å². The van der Waals surface area contributed by atoms with Crippen LogP contribution in [0.15, 0.2) is 47.4 Å². The van der Waals surface area contributed by atoms with Crippen molar-refractivity contribution in [2.24, 2.45) is 0 Å². The zero-order valence-corrected chi connectivity index (χ0v) is 16.4. The first-order valence-corrected chi connectivity index (χ1v) is 9.86. The van der Waals surface area contributed by atoms with Gasteiger partial charge in [0, 0.05) is 19.3 Å². The quantitative estimate of drug-likeness (QED) is 0.638. The van der Waals surface area contributed by atoms with E-state index in [2.05, 4.69) is 10.0 Å². The zero-order chi connectivity index (χ0) is 19.9. The molecule has 0 aromatic heterocycles. The Kier molecular flexibility index (Phi) is 7.20. The van der Waals surface area contributed by atoms with E-state index in [1.165, 1.54) is 13.2 Å². The van der Waals surface area contributed by atoms with Crippen molar-refractivity contribution in [2.75, 3.05) is 32.1 Å². The van der Waals surface area contributed by atoms with Gasteiger partial charge < -0.3 is 14.8 Å². The molecule has 0 atom stereocenters. The van der Waals surface area contributed by atoms with Crippen molar-refractivity contribution in [3.8, 4) is 5.75 Å². The fourth-order valence-corrected chi connectivity index (χ4v) is 3.61. The Bertz CT molecular complexity index is 879. The van der Waals surface area contributed by atoms with Gasteiger partial charge in [-0.25, -0.2) is 8.42 Å². The number of hydrogen-bond acceptors (Lipinski definition) is 5. The molecule has 0 heterocycles. The van der Waals surface area contributed by atoms with Crippen LogP contribution >= 0.6 is 0 Å². The highest BCUT2D eigenvalue weighted by atomic mass is 32.2. The summed E-state index contributed by atoms with van der Waals surface area (Å²) in [7, 11) is -0.606. The van der Waals surface area contributed by atoms with Crippen molar-refractivity contribution in [1.29, 1.82) is 0 Å². The van der Waals surface area contributed by atoms with E-state index in [0.717, 1.165) is 11.1 Å². The molecule has 0 saturated heterocycles. The van der Waals surface area contributed by atoms with Gasteiger partial charge in [0.2, 0.25) is 5.91 Å². The SMILES string of the molecule is COCCNC(=O)Cc1ccc(NS(=O)(=O)c2ccc(OC)c(C)c2)cc1. The van der Waals surface area contributed by atoms with E-state index in [4.69, 9.17) is 9.47 Å². The summed E-state index contributed by atoms with van der Waals surface area (Å²) in [6.45, 7) is 2.69. The lowest BCUT2D eigenvalue weighted by atomic mass is 10.1. The Morgan fingerprint density at radius 1 is 1.07 bits per heavy atom. The third-order valence-electron chi connectivity index (χ3n) is 3.88. The van der Waals surface area contributed by atoms with Crippen molar-refractivity contribution in [3.63, 3.8) is 0 Å². The van der Waals surface area contributed by atoms with Crippen LogP contribution in [0.5, 0.6) is 5.75 Å². The molecule has 2 aromatic rings. The second-order valence-corrected chi connectivity index (χ2v) is 7.64. The van der Waals surface area contributed by atoms with Crippen LogP contribution in [0, 0.1) is 6.92 Å². The number of carbonyl (C=O) groups is 1. The number of hydrogen-bond donors (Lipinski definition) is 2. The second-order valence-electron chi connectivity index (χ2n) is 5.95. The minimum absolute atomic E-state index is 0.117. The summed E-state index contributed by atoms with van der Waals surface area (Å²) < 4.78 is 37.6. The molecule has 0 aliphatic rings. The van der Waals surface area contributed by atoms with E-state index in [1.807, 2.05) is 0 Å². The van der Waals surface area contributed by atoms with Crippen molar-refractivity contribution in [1.82, 2.24) is 5.32 Å². The number of anilines is 1. The first-order chi connectivity index (χ1) is 12.9. The first-order valence-electron chi connectivity index (χ1n) is 8.38. The maximum Gasteiger partial charge on any atom is 0.261 e. The molecule has 27 heavy (non-hydrogen) atoms. The maximum absolute atomic E-state index is 12.5. The monoisotopic (exact) mass is 392 g/mol. The summed E-state index contributed by atoms with van der Waals surface area (Å²) in [6, 6.07) is 11.4. The Hall–Kier alpha value is -2.58. The second kappa shape index (κ2) is 9.38. The third kappa shape index (κ3) is 5.97. The maximum atomic E-state index is 12.5. The van der Waals surface area contributed by atoms with Crippen LogP contribution in [0.25, 0.3) is 0 Å². The largest absolute Gasteiger partial charge is 0.496 e. The lowest BCUT2D eigenvalue weighted by Crippen LogP contribution is -2.28. The van der Waals surface area contributed by atoms with E-state index in [-0.39, 0.29) is 17.2 Å². The molecule has 146 valence electrons. The molecular formula is C19H24N2O5S. The molecule has 0 bridgehead atoms. The number of ether oxygens (including phenoxy) is 2. The van der Waals surface area contributed by atoms with Gasteiger partial charge in [0.15, 0.2) is 0 Å². The smallest absolute Gasteiger partial charge is 0.261 e. The summed E-state index contributed by atoms with van der Waals surface area (Å²) in [5.41, 5.74) is 1.94. The van der Waals surface area contributed by atoms with Crippen LogP contribution in [-0.2, 0) is 26.0 Å². The van der Waals surface area contributed by atoms with Crippen LogP contribution in [-0.4, -0.2) is 41.7 Å². The summed E-state index contributed by atoms with van der Waals surface area (Å²) in [5, 5.41) is 2.74. The van der Waals surface area contributed by atoms with E-state index in [0.29, 0.717) is 24.6 Å². The van der Waals surface area contributed by atoms with Gasteiger partial charge in [0.25, 0.3) is 10.0 Å². The molecule has 0 saturated carbocycles. The summed E-state index contributed by atoms with van der Waals surface area (Å²) in [4.78, 5) is 11.9. The van der Waals surface area contributed by atoms with Crippen LogP contribution in [0.3, 0.4) is 0 Å². The van der Waals surface area contributed by atoms with Gasteiger partial charge in [-0.1, -0.05) is 12.1 Å². The van der Waals surface area contributed by atoms with Gasteiger partial charge in [-0.05, 0) is 48.4 Å². The van der Waals surface area contributed by atoms with E-state index >= 15 is 0 Å². The van der Waals surface area contributed by atoms with Crippen LogP contribution in [0.2, 0.25) is 0 Å². The molecule has 2 N–H and O–H groups in total. The van der Waals surface area contributed by atoms with Crippen molar-refractivity contribution in [2.45, 2.75) is 18.2 Å². The lowest BCUT2D eigenvalue weighted by molar-refractivity contribution is -0.120. The van der Waals surface area contributed by atoms with Gasteiger partial charge >= 0.3 is 0 Å². The van der Waals surface area contributed by atoms with E-state index in [9.17, 15) is 13.2 Å². The molecule has 1 amide bonds. The number of rotatable bonds is 9. The van der Waals surface area contributed by atoms with Gasteiger partial charge in [-0.15, -0.1) is 0 Å². The fraction of sp³-hybridized carbons (Fsp3) is 0.316. The molecule has 0 unspecified atom stereocenters. The van der Waals surface area contributed by atoms with Crippen LogP contribution in [0.4, 0.5) is 5.69 Å². The normalized spacial score (nSPS) is 11.1. The van der Waals surface area contributed by atoms with Crippen LogP contribution < -0.4 is 14.8 Å².